The smallest absolute Gasteiger partial charge is 0.262 e. The summed E-state index contributed by atoms with van der Waals surface area (Å²) in [5.41, 5.74) is 1.37. The van der Waals surface area contributed by atoms with Crippen molar-refractivity contribution in [3.63, 3.8) is 0 Å². The van der Waals surface area contributed by atoms with Crippen molar-refractivity contribution < 1.29 is 38.1 Å². The van der Waals surface area contributed by atoms with E-state index in [4.69, 9.17) is 18.9 Å². The number of carbonyl (C=O) groups is 4. The van der Waals surface area contributed by atoms with E-state index in [1.54, 1.807) is 12.1 Å². The van der Waals surface area contributed by atoms with Crippen molar-refractivity contribution in [3.8, 4) is 0 Å². The minimum atomic E-state index is -0.964. The molecular weight excluding hydrogens is 524 g/mol. The molecule has 2 heterocycles. The Labute approximate surface area is 212 Å². The number of hydrogen-bond donors (Lipinski definition) is 1. The molecule has 0 aliphatic carbocycles. The SMILES string of the molecule is O=C1CCC(N2C(=O)c3cccc(CCCOCCOCCOCCOCCBr)c3C2=O)C(=O)N1. The summed E-state index contributed by atoms with van der Waals surface area (Å²) in [4.78, 5) is 50.6. The van der Waals surface area contributed by atoms with Crippen molar-refractivity contribution in [2.45, 2.75) is 31.7 Å². The van der Waals surface area contributed by atoms with E-state index in [-0.39, 0.29) is 12.8 Å². The fourth-order valence-corrected chi connectivity index (χ4v) is 4.20. The zero-order chi connectivity index (χ0) is 25.0. The lowest BCUT2D eigenvalue weighted by Gasteiger charge is -2.27. The summed E-state index contributed by atoms with van der Waals surface area (Å²) in [7, 11) is 0. The normalized spacial score (nSPS) is 17.7. The number of piperidine rings is 1. The molecule has 1 N–H and O–H groups in total. The molecule has 0 aromatic heterocycles. The fraction of sp³-hybridized carbons (Fsp3) is 0.583. The summed E-state index contributed by atoms with van der Waals surface area (Å²) >= 11 is 3.28. The van der Waals surface area contributed by atoms with Gasteiger partial charge in [0.25, 0.3) is 11.8 Å². The van der Waals surface area contributed by atoms with Gasteiger partial charge in [-0.25, -0.2) is 0 Å². The first kappa shape index (κ1) is 27.4. The molecule has 3 rings (SSSR count). The number of halogens is 1. The molecule has 1 atom stereocenters. The van der Waals surface area contributed by atoms with E-state index in [0.29, 0.717) is 76.8 Å². The Balaban J connectivity index is 1.35. The van der Waals surface area contributed by atoms with E-state index in [1.807, 2.05) is 6.07 Å². The van der Waals surface area contributed by atoms with Crippen LogP contribution in [0.15, 0.2) is 18.2 Å². The summed E-state index contributed by atoms with van der Waals surface area (Å²) in [5, 5.41) is 3.02. The van der Waals surface area contributed by atoms with Gasteiger partial charge in [0, 0.05) is 18.4 Å². The molecule has 192 valence electrons. The van der Waals surface area contributed by atoms with Crippen LogP contribution >= 0.6 is 15.9 Å². The molecule has 1 aromatic rings. The van der Waals surface area contributed by atoms with Crippen molar-refractivity contribution in [3.05, 3.63) is 34.9 Å². The topological polar surface area (TPSA) is 120 Å². The molecule has 0 bridgehead atoms. The number of aryl methyl sites for hydroxylation is 1. The third kappa shape index (κ3) is 7.65. The highest BCUT2D eigenvalue weighted by molar-refractivity contribution is 9.09. The van der Waals surface area contributed by atoms with Gasteiger partial charge in [-0.1, -0.05) is 28.1 Å². The lowest BCUT2D eigenvalue weighted by molar-refractivity contribution is -0.136. The number of nitrogens with one attached hydrogen (secondary N) is 1. The van der Waals surface area contributed by atoms with Gasteiger partial charge in [0.15, 0.2) is 0 Å². The number of imide groups is 2. The highest BCUT2D eigenvalue weighted by Crippen LogP contribution is 2.30. The standard InChI is InChI=1S/C24H31BrN2O8/c25-8-10-33-12-14-35-16-15-34-13-11-32-9-2-4-17-3-1-5-18-21(17)24(31)27(23(18)30)19-6-7-20(28)26-22(19)29/h1,3,5,19H,2,4,6-16H2,(H,26,28,29). The minimum Gasteiger partial charge on any atom is -0.379 e. The molecule has 11 heteroatoms. The molecule has 1 saturated heterocycles. The Bertz CT molecular complexity index is 910. The summed E-state index contributed by atoms with van der Waals surface area (Å²) in [5.74, 6) is -1.99. The molecule has 2 aliphatic heterocycles. The van der Waals surface area contributed by atoms with E-state index in [9.17, 15) is 19.2 Å². The van der Waals surface area contributed by atoms with Crippen LogP contribution in [0.5, 0.6) is 0 Å². The highest BCUT2D eigenvalue weighted by atomic mass is 79.9. The molecule has 0 spiro atoms. The number of fused-ring (bicyclic) bond motifs is 1. The van der Waals surface area contributed by atoms with E-state index >= 15 is 0 Å². The van der Waals surface area contributed by atoms with Gasteiger partial charge in [-0.2, -0.15) is 0 Å². The van der Waals surface area contributed by atoms with Crippen molar-refractivity contribution in [1.82, 2.24) is 10.2 Å². The van der Waals surface area contributed by atoms with Crippen LogP contribution in [0.1, 0.15) is 45.5 Å². The summed E-state index contributed by atoms with van der Waals surface area (Å²) in [6.07, 6.45) is 1.45. The molecule has 0 saturated carbocycles. The van der Waals surface area contributed by atoms with Crippen LogP contribution in [0.25, 0.3) is 0 Å². The molecule has 1 unspecified atom stereocenters. The van der Waals surface area contributed by atoms with Crippen LogP contribution in [-0.2, 0) is 35.0 Å². The van der Waals surface area contributed by atoms with Gasteiger partial charge in [-0.3, -0.25) is 29.4 Å². The Hall–Kier alpha value is -2.18. The first-order valence-electron chi connectivity index (χ1n) is 11.7. The van der Waals surface area contributed by atoms with Crippen LogP contribution in [0, 0.1) is 0 Å². The van der Waals surface area contributed by atoms with Crippen molar-refractivity contribution in [2.24, 2.45) is 0 Å². The molecule has 4 amide bonds. The third-order valence-corrected chi connectivity index (χ3v) is 5.95. The predicted molar refractivity (Wildman–Crippen MR) is 129 cm³/mol. The van der Waals surface area contributed by atoms with Gasteiger partial charge in [0.05, 0.1) is 57.4 Å². The Kier molecular flexibility index (Phi) is 11.3. The zero-order valence-electron chi connectivity index (χ0n) is 19.6. The zero-order valence-corrected chi connectivity index (χ0v) is 21.2. The van der Waals surface area contributed by atoms with Crippen LogP contribution in [0.3, 0.4) is 0 Å². The third-order valence-electron chi connectivity index (χ3n) is 5.63. The molecule has 1 fully saturated rings. The van der Waals surface area contributed by atoms with Gasteiger partial charge < -0.3 is 18.9 Å². The lowest BCUT2D eigenvalue weighted by atomic mass is 9.99. The molecular formula is C24H31BrN2O8. The molecule has 0 radical (unpaired) electrons. The Morgan fingerprint density at radius 2 is 1.49 bits per heavy atom. The van der Waals surface area contributed by atoms with Gasteiger partial charge in [0.1, 0.15) is 6.04 Å². The van der Waals surface area contributed by atoms with Crippen LogP contribution in [0.2, 0.25) is 0 Å². The second kappa shape index (κ2) is 14.4. The number of nitrogens with zero attached hydrogens (tertiary/aromatic N) is 1. The summed E-state index contributed by atoms with van der Waals surface area (Å²) in [6.45, 7) is 4.13. The average molecular weight is 555 g/mol. The van der Waals surface area contributed by atoms with E-state index in [2.05, 4.69) is 21.2 Å². The molecule has 10 nitrogen and oxygen atoms in total. The van der Waals surface area contributed by atoms with Gasteiger partial charge in [-0.15, -0.1) is 0 Å². The monoisotopic (exact) mass is 554 g/mol. The maximum atomic E-state index is 13.1. The van der Waals surface area contributed by atoms with Crippen molar-refractivity contribution in [1.29, 1.82) is 0 Å². The van der Waals surface area contributed by atoms with E-state index in [1.165, 1.54) is 0 Å². The van der Waals surface area contributed by atoms with Crippen LogP contribution in [0.4, 0.5) is 0 Å². The summed E-state index contributed by atoms with van der Waals surface area (Å²) < 4.78 is 21.7. The van der Waals surface area contributed by atoms with Crippen LogP contribution < -0.4 is 5.32 Å². The Morgan fingerprint density at radius 1 is 0.857 bits per heavy atom. The average Bonchev–Trinajstić information content (AvgIpc) is 3.10. The number of rotatable bonds is 16. The summed E-state index contributed by atoms with van der Waals surface area (Å²) in [6, 6.07) is 4.18. The predicted octanol–water partition coefficient (Wildman–Crippen LogP) is 1.48. The van der Waals surface area contributed by atoms with Crippen molar-refractivity contribution >= 4 is 39.6 Å². The number of benzene rings is 1. The highest BCUT2D eigenvalue weighted by Gasteiger charge is 2.45. The fourth-order valence-electron chi connectivity index (χ4n) is 3.97. The first-order chi connectivity index (χ1) is 17.0. The second-order valence-electron chi connectivity index (χ2n) is 8.03. The second-order valence-corrected chi connectivity index (χ2v) is 8.82. The number of alkyl halides is 1. The van der Waals surface area contributed by atoms with Crippen LogP contribution in [-0.4, -0.2) is 92.8 Å². The van der Waals surface area contributed by atoms with Gasteiger partial charge in [-0.05, 0) is 30.9 Å². The van der Waals surface area contributed by atoms with E-state index in [0.717, 1.165) is 15.8 Å². The minimum absolute atomic E-state index is 0.0946. The quantitative estimate of drug-likeness (QED) is 0.185. The molecule has 1 aromatic carbocycles. The number of amides is 4. The number of hydrogen-bond acceptors (Lipinski definition) is 8. The first-order valence-corrected chi connectivity index (χ1v) is 12.9. The molecule has 35 heavy (non-hydrogen) atoms. The number of ether oxygens (including phenoxy) is 4. The largest absolute Gasteiger partial charge is 0.379 e. The molecule has 2 aliphatic rings. The van der Waals surface area contributed by atoms with Crippen molar-refractivity contribution in [2.75, 3.05) is 58.2 Å². The van der Waals surface area contributed by atoms with Gasteiger partial charge >= 0.3 is 0 Å². The lowest BCUT2D eigenvalue weighted by Crippen LogP contribution is -2.54. The van der Waals surface area contributed by atoms with E-state index < -0.39 is 29.7 Å². The number of carbonyl (C=O) groups excluding carboxylic acids is 4. The van der Waals surface area contributed by atoms with Gasteiger partial charge in [0.2, 0.25) is 11.8 Å². The Morgan fingerprint density at radius 3 is 2.11 bits per heavy atom. The maximum Gasteiger partial charge on any atom is 0.262 e. The maximum absolute atomic E-state index is 13.1.